The van der Waals surface area contributed by atoms with E-state index in [-0.39, 0.29) is 0 Å². The first-order valence-electron chi connectivity index (χ1n) is 5.62. The third-order valence-corrected chi connectivity index (χ3v) is 4.71. The Morgan fingerprint density at radius 3 is 2.94 bits per heavy atom. The molecule has 0 unspecified atom stereocenters. The van der Waals surface area contributed by atoms with Crippen LogP contribution in [0.2, 0.25) is 0 Å². The lowest BCUT2D eigenvalue weighted by Crippen LogP contribution is -2.09. The van der Waals surface area contributed by atoms with E-state index in [9.17, 15) is 0 Å². The predicted molar refractivity (Wildman–Crippen MR) is 77.9 cm³/mol. The molecule has 3 aromatic heterocycles. The minimum Gasteiger partial charge on any atom is -0.308 e. The Hall–Kier alpha value is -1.50. The van der Waals surface area contributed by atoms with Crippen LogP contribution in [0.1, 0.15) is 11.8 Å². The van der Waals surface area contributed by atoms with Crippen LogP contribution in [0.25, 0.3) is 20.9 Å². The Kier molecular flexibility index (Phi) is 2.99. The Morgan fingerprint density at radius 1 is 1.39 bits per heavy atom. The molecule has 0 amide bonds. The Morgan fingerprint density at radius 2 is 2.28 bits per heavy atom. The van der Waals surface area contributed by atoms with Crippen molar-refractivity contribution in [2.24, 2.45) is 5.84 Å². The van der Waals surface area contributed by atoms with Crippen LogP contribution < -0.4 is 11.3 Å². The first-order valence-corrected chi connectivity index (χ1v) is 7.32. The minimum absolute atomic E-state index is 0.694. The number of rotatable bonds is 3. The lowest BCUT2D eigenvalue weighted by atomic mass is 10.3. The molecule has 0 atom stereocenters. The molecule has 3 N–H and O–H groups in total. The van der Waals surface area contributed by atoms with Gasteiger partial charge in [0, 0.05) is 4.88 Å². The molecule has 0 radical (unpaired) electrons. The van der Waals surface area contributed by atoms with E-state index in [0.717, 1.165) is 27.3 Å². The average Bonchev–Trinajstić information content (AvgIpc) is 3.05. The van der Waals surface area contributed by atoms with Crippen LogP contribution in [0, 0.1) is 0 Å². The maximum atomic E-state index is 5.56. The molecule has 4 nitrogen and oxygen atoms in total. The quantitative estimate of drug-likeness (QED) is 0.569. The molecule has 0 fully saturated rings. The van der Waals surface area contributed by atoms with Gasteiger partial charge in [-0.25, -0.2) is 15.8 Å². The van der Waals surface area contributed by atoms with Crippen molar-refractivity contribution >= 4 is 38.7 Å². The number of aromatic nitrogens is 2. The molecule has 92 valence electrons. The SMILES string of the molecule is CCc1cc2c(NN)nc(-c3cccs3)nc2s1. The monoisotopic (exact) mass is 276 g/mol. The number of fused-ring (bicyclic) bond motifs is 1. The summed E-state index contributed by atoms with van der Waals surface area (Å²) < 4.78 is 0. The molecule has 0 bridgehead atoms. The summed E-state index contributed by atoms with van der Waals surface area (Å²) in [4.78, 5) is 12.4. The zero-order valence-electron chi connectivity index (χ0n) is 9.80. The molecule has 0 aliphatic rings. The third kappa shape index (κ3) is 1.88. The number of nitrogens with one attached hydrogen (secondary N) is 1. The fourth-order valence-electron chi connectivity index (χ4n) is 1.77. The largest absolute Gasteiger partial charge is 0.308 e. The molecular weight excluding hydrogens is 264 g/mol. The van der Waals surface area contributed by atoms with Crippen molar-refractivity contribution in [3.63, 3.8) is 0 Å². The van der Waals surface area contributed by atoms with Gasteiger partial charge in [-0.05, 0) is 23.9 Å². The number of nitrogens with zero attached hydrogens (tertiary/aromatic N) is 2. The van der Waals surface area contributed by atoms with Gasteiger partial charge in [0.05, 0.1) is 10.3 Å². The highest BCUT2D eigenvalue weighted by molar-refractivity contribution is 7.18. The van der Waals surface area contributed by atoms with E-state index in [4.69, 9.17) is 5.84 Å². The average molecular weight is 276 g/mol. The van der Waals surface area contributed by atoms with Gasteiger partial charge in [-0.15, -0.1) is 22.7 Å². The fourth-order valence-corrected chi connectivity index (χ4v) is 3.40. The second-order valence-electron chi connectivity index (χ2n) is 3.80. The minimum atomic E-state index is 0.694. The van der Waals surface area contributed by atoms with Gasteiger partial charge in [-0.1, -0.05) is 13.0 Å². The maximum absolute atomic E-state index is 5.56. The molecule has 6 heteroatoms. The molecule has 3 aromatic rings. The number of nitrogen functional groups attached to an aromatic ring is 1. The Labute approximate surface area is 112 Å². The van der Waals surface area contributed by atoms with Crippen molar-refractivity contribution in [2.75, 3.05) is 5.43 Å². The van der Waals surface area contributed by atoms with Gasteiger partial charge >= 0.3 is 0 Å². The summed E-state index contributed by atoms with van der Waals surface area (Å²) >= 11 is 3.32. The summed E-state index contributed by atoms with van der Waals surface area (Å²) in [6.45, 7) is 2.13. The molecule has 0 saturated heterocycles. The molecular formula is C12H12N4S2. The molecule has 0 aliphatic carbocycles. The van der Waals surface area contributed by atoms with Gasteiger partial charge in [-0.3, -0.25) is 0 Å². The predicted octanol–water partition coefficient (Wildman–Crippen LogP) is 3.27. The maximum Gasteiger partial charge on any atom is 0.173 e. The summed E-state index contributed by atoms with van der Waals surface area (Å²) in [7, 11) is 0. The van der Waals surface area contributed by atoms with Crippen LogP contribution in [0.5, 0.6) is 0 Å². The van der Waals surface area contributed by atoms with Crippen molar-refractivity contribution < 1.29 is 0 Å². The van der Waals surface area contributed by atoms with Gasteiger partial charge in [0.15, 0.2) is 11.6 Å². The van der Waals surface area contributed by atoms with Crippen LogP contribution in [0.4, 0.5) is 5.82 Å². The van der Waals surface area contributed by atoms with Crippen molar-refractivity contribution in [3.05, 3.63) is 28.5 Å². The van der Waals surface area contributed by atoms with Crippen LogP contribution in [-0.4, -0.2) is 9.97 Å². The number of hydrazine groups is 1. The fraction of sp³-hybridized carbons (Fsp3) is 0.167. The number of hydrogen-bond acceptors (Lipinski definition) is 6. The third-order valence-electron chi connectivity index (χ3n) is 2.67. The summed E-state index contributed by atoms with van der Waals surface area (Å²) in [5.74, 6) is 6.98. The zero-order chi connectivity index (χ0) is 12.5. The Bertz CT molecular complexity index is 673. The highest BCUT2D eigenvalue weighted by Crippen LogP contribution is 2.32. The molecule has 18 heavy (non-hydrogen) atoms. The van der Waals surface area contributed by atoms with Crippen molar-refractivity contribution in [1.82, 2.24) is 9.97 Å². The lowest BCUT2D eigenvalue weighted by molar-refractivity contribution is 1.18. The molecule has 3 heterocycles. The molecule has 3 rings (SSSR count). The number of hydrogen-bond donors (Lipinski definition) is 2. The van der Waals surface area contributed by atoms with Crippen LogP contribution in [0.3, 0.4) is 0 Å². The summed E-state index contributed by atoms with van der Waals surface area (Å²) in [5, 5.41) is 3.02. The number of aryl methyl sites for hydroxylation is 1. The Balaban J connectivity index is 2.24. The normalized spacial score (nSPS) is 11.0. The molecule has 0 aromatic carbocycles. The molecule has 0 saturated carbocycles. The van der Waals surface area contributed by atoms with E-state index < -0.39 is 0 Å². The highest BCUT2D eigenvalue weighted by atomic mass is 32.1. The van der Waals surface area contributed by atoms with Crippen molar-refractivity contribution in [3.8, 4) is 10.7 Å². The second kappa shape index (κ2) is 4.64. The van der Waals surface area contributed by atoms with E-state index >= 15 is 0 Å². The molecule has 0 aliphatic heterocycles. The van der Waals surface area contributed by atoms with Crippen molar-refractivity contribution in [1.29, 1.82) is 0 Å². The van der Waals surface area contributed by atoms with Crippen LogP contribution in [0.15, 0.2) is 23.6 Å². The zero-order valence-corrected chi connectivity index (χ0v) is 11.4. The van der Waals surface area contributed by atoms with Gasteiger partial charge in [0.25, 0.3) is 0 Å². The van der Waals surface area contributed by atoms with E-state index in [1.54, 1.807) is 22.7 Å². The van der Waals surface area contributed by atoms with Crippen LogP contribution >= 0.6 is 22.7 Å². The van der Waals surface area contributed by atoms with E-state index in [1.165, 1.54) is 4.88 Å². The number of thiophene rings is 2. The number of nitrogens with two attached hydrogens (primary N) is 1. The summed E-state index contributed by atoms with van der Waals surface area (Å²) in [6, 6.07) is 6.11. The lowest BCUT2D eigenvalue weighted by Gasteiger charge is -2.03. The van der Waals surface area contributed by atoms with E-state index in [2.05, 4.69) is 28.4 Å². The standard InChI is InChI=1S/C12H12N4S2/c1-2-7-6-8-10(16-13)14-11(15-12(8)18-7)9-4-3-5-17-9/h3-6H,2,13H2,1H3,(H,14,15,16). The van der Waals surface area contributed by atoms with Crippen molar-refractivity contribution in [2.45, 2.75) is 13.3 Å². The first-order chi connectivity index (χ1) is 8.81. The number of anilines is 1. The molecule has 0 spiro atoms. The van der Waals surface area contributed by atoms with Crippen LogP contribution in [-0.2, 0) is 6.42 Å². The summed E-state index contributed by atoms with van der Waals surface area (Å²) in [5.41, 5.74) is 2.67. The van der Waals surface area contributed by atoms with E-state index in [0.29, 0.717) is 5.82 Å². The van der Waals surface area contributed by atoms with Gasteiger partial charge in [0.1, 0.15) is 4.83 Å². The summed E-state index contributed by atoms with van der Waals surface area (Å²) in [6.07, 6.45) is 0.999. The van der Waals surface area contributed by atoms with E-state index in [1.807, 2.05) is 17.5 Å². The second-order valence-corrected chi connectivity index (χ2v) is 5.87. The topological polar surface area (TPSA) is 63.8 Å². The van der Waals surface area contributed by atoms with Gasteiger partial charge in [0.2, 0.25) is 0 Å². The van der Waals surface area contributed by atoms with Gasteiger partial charge < -0.3 is 5.43 Å². The van der Waals surface area contributed by atoms with Gasteiger partial charge in [-0.2, -0.15) is 0 Å². The highest BCUT2D eigenvalue weighted by Gasteiger charge is 2.12. The first kappa shape index (κ1) is 11.6. The smallest absolute Gasteiger partial charge is 0.173 e.